The van der Waals surface area contributed by atoms with Gasteiger partial charge in [0, 0.05) is 26.1 Å². The molecule has 0 fully saturated rings. The van der Waals surface area contributed by atoms with Crippen LogP contribution in [0.2, 0.25) is 0 Å². The minimum atomic E-state index is 0.0462. The summed E-state index contributed by atoms with van der Waals surface area (Å²) in [6.07, 6.45) is 0. The van der Waals surface area contributed by atoms with Crippen LogP contribution in [0.25, 0.3) is 0 Å². The number of ether oxygens (including phenoxy) is 2. The topological polar surface area (TPSA) is 50.8 Å². The van der Waals surface area contributed by atoms with E-state index in [4.69, 9.17) is 9.47 Å². The number of nitrogens with one attached hydrogen (secondary N) is 1. The number of hydrogen-bond acceptors (Lipinski definition) is 4. The Bertz CT molecular complexity index is 198. The summed E-state index contributed by atoms with van der Waals surface area (Å²) in [5.74, 6) is 0.198. The Morgan fingerprint density at radius 2 is 1.76 bits per heavy atom. The summed E-state index contributed by atoms with van der Waals surface area (Å²) < 4.78 is 10.7. The zero-order valence-corrected chi connectivity index (χ0v) is 11.5. The Labute approximate surface area is 104 Å². The van der Waals surface area contributed by atoms with Crippen molar-refractivity contribution in [1.82, 2.24) is 10.2 Å². The first kappa shape index (κ1) is 16.4. The van der Waals surface area contributed by atoms with Gasteiger partial charge in [0.05, 0.1) is 26.4 Å². The molecule has 0 aliphatic heterocycles. The summed E-state index contributed by atoms with van der Waals surface area (Å²) in [4.78, 5) is 13.2. The van der Waals surface area contributed by atoms with Gasteiger partial charge < -0.3 is 19.7 Å². The Kier molecular flexibility index (Phi) is 10.1. The third-order valence-electron chi connectivity index (χ3n) is 2.31. The van der Waals surface area contributed by atoms with Gasteiger partial charge in [-0.15, -0.1) is 0 Å². The highest BCUT2D eigenvalue weighted by molar-refractivity contribution is 5.77. The lowest BCUT2D eigenvalue weighted by Gasteiger charge is -2.19. The molecule has 0 aromatic rings. The van der Waals surface area contributed by atoms with Crippen molar-refractivity contribution in [2.75, 3.05) is 53.6 Å². The Morgan fingerprint density at radius 1 is 1.18 bits per heavy atom. The first-order valence-corrected chi connectivity index (χ1v) is 6.14. The lowest BCUT2D eigenvalue weighted by atomic mass is 10.2. The molecule has 0 bridgehead atoms. The summed E-state index contributed by atoms with van der Waals surface area (Å²) in [7, 11) is 3.69. The fraction of sp³-hybridized carbons (Fsp3) is 0.917. The fourth-order valence-corrected chi connectivity index (χ4v) is 1.25. The number of nitrogens with zero attached hydrogens (tertiary/aromatic N) is 1. The molecule has 0 rings (SSSR count). The highest BCUT2D eigenvalue weighted by atomic mass is 16.5. The van der Waals surface area contributed by atoms with Crippen molar-refractivity contribution in [3.8, 4) is 0 Å². The van der Waals surface area contributed by atoms with Crippen LogP contribution in [0.15, 0.2) is 0 Å². The summed E-state index contributed by atoms with van der Waals surface area (Å²) in [5, 5.41) is 3.00. The molecule has 1 amide bonds. The van der Waals surface area contributed by atoms with Crippen LogP contribution in [0.1, 0.15) is 13.8 Å². The van der Waals surface area contributed by atoms with Crippen LogP contribution in [0.5, 0.6) is 0 Å². The van der Waals surface area contributed by atoms with Crippen molar-refractivity contribution in [2.24, 2.45) is 5.92 Å². The maximum absolute atomic E-state index is 11.5. The zero-order valence-electron chi connectivity index (χ0n) is 11.5. The van der Waals surface area contributed by atoms with Crippen LogP contribution in [0.4, 0.5) is 0 Å². The highest BCUT2D eigenvalue weighted by Gasteiger charge is 2.11. The van der Waals surface area contributed by atoms with Crippen molar-refractivity contribution in [1.29, 1.82) is 0 Å². The molecular formula is C12H26N2O3. The Balaban J connectivity index is 3.30. The average Bonchev–Trinajstić information content (AvgIpc) is 2.31. The van der Waals surface area contributed by atoms with Crippen LogP contribution in [-0.4, -0.2) is 64.4 Å². The maximum Gasteiger partial charge on any atom is 0.224 e. The third-order valence-corrected chi connectivity index (χ3v) is 2.31. The van der Waals surface area contributed by atoms with E-state index < -0.39 is 0 Å². The third kappa shape index (κ3) is 9.09. The van der Waals surface area contributed by atoms with Gasteiger partial charge in [-0.1, -0.05) is 13.8 Å². The first-order valence-electron chi connectivity index (χ1n) is 6.14. The van der Waals surface area contributed by atoms with Crippen LogP contribution >= 0.6 is 0 Å². The molecule has 17 heavy (non-hydrogen) atoms. The minimum Gasteiger partial charge on any atom is -0.378 e. The predicted molar refractivity (Wildman–Crippen MR) is 68.0 cm³/mol. The molecule has 0 aromatic heterocycles. The quantitative estimate of drug-likeness (QED) is 0.565. The van der Waals surface area contributed by atoms with Crippen molar-refractivity contribution in [2.45, 2.75) is 13.8 Å². The molecule has 5 heteroatoms. The predicted octanol–water partition coefficient (Wildman–Crippen LogP) is 0.353. The number of likely N-dealkylation sites (N-methyl/N-ethyl adjacent to an activating group) is 2. The smallest absolute Gasteiger partial charge is 0.224 e. The van der Waals surface area contributed by atoms with E-state index in [1.807, 2.05) is 20.9 Å². The van der Waals surface area contributed by atoms with Gasteiger partial charge >= 0.3 is 0 Å². The average molecular weight is 246 g/mol. The second-order valence-electron chi connectivity index (χ2n) is 4.24. The van der Waals surface area contributed by atoms with Crippen molar-refractivity contribution >= 4 is 5.91 Å². The molecule has 0 atom stereocenters. The molecule has 0 unspecified atom stereocenters. The normalized spacial score (nSPS) is 10.9. The van der Waals surface area contributed by atoms with Gasteiger partial charge in [-0.2, -0.15) is 0 Å². The summed E-state index contributed by atoms with van der Waals surface area (Å²) in [6, 6.07) is 0. The Morgan fingerprint density at radius 3 is 2.29 bits per heavy atom. The summed E-state index contributed by atoms with van der Waals surface area (Å²) >= 11 is 0. The second-order valence-corrected chi connectivity index (χ2v) is 4.24. The SMILES string of the molecule is CNCCOCCOCCN(C)C(=O)C(C)C. The van der Waals surface area contributed by atoms with Gasteiger partial charge in [0.25, 0.3) is 0 Å². The Hall–Kier alpha value is -0.650. The van der Waals surface area contributed by atoms with E-state index in [1.54, 1.807) is 11.9 Å². The molecule has 0 saturated heterocycles. The fourth-order valence-electron chi connectivity index (χ4n) is 1.25. The van der Waals surface area contributed by atoms with Crippen LogP contribution in [-0.2, 0) is 14.3 Å². The van der Waals surface area contributed by atoms with Gasteiger partial charge in [-0.3, -0.25) is 4.79 Å². The molecule has 102 valence electrons. The standard InChI is InChI=1S/C12H26N2O3/c1-11(2)12(15)14(4)6-8-17-10-9-16-7-5-13-3/h11,13H,5-10H2,1-4H3. The van der Waals surface area contributed by atoms with Crippen LogP contribution in [0, 0.1) is 5.92 Å². The summed E-state index contributed by atoms with van der Waals surface area (Å²) in [5.41, 5.74) is 0. The van der Waals surface area contributed by atoms with Crippen LogP contribution < -0.4 is 5.32 Å². The lowest BCUT2D eigenvalue weighted by molar-refractivity contribution is -0.133. The molecule has 0 radical (unpaired) electrons. The molecule has 5 nitrogen and oxygen atoms in total. The largest absolute Gasteiger partial charge is 0.378 e. The monoisotopic (exact) mass is 246 g/mol. The molecular weight excluding hydrogens is 220 g/mol. The molecule has 0 aliphatic rings. The second kappa shape index (κ2) is 10.5. The molecule has 0 aromatic carbocycles. The number of rotatable bonds is 10. The van der Waals surface area contributed by atoms with E-state index in [1.165, 1.54) is 0 Å². The van der Waals surface area contributed by atoms with E-state index in [0.29, 0.717) is 33.0 Å². The molecule has 0 heterocycles. The van der Waals surface area contributed by atoms with E-state index in [2.05, 4.69) is 5.32 Å². The highest BCUT2D eigenvalue weighted by Crippen LogP contribution is 1.98. The van der Waals surface area contributed by atoms with Crippen molar-refractivity contribution in [3.05, 3.63) is 0 Å². The molecule has 1 N–H and O–H groups in total. The first-order chi connectivity index (χ1) is 8.09. The van der Waals surface area contributed by atoms with E-state index >= 15 is 0 Å². The lowest BCUT2D eigenvalue weighted by Crippen LogP contribution is -2.33. The van der Waals surface area contributed by atoms with Gasteiger partial charge in [-0.25, -0.2) is 0 Å². The molecule has 0 aliphatic carbocycles. The van der Waals surface area contributed by atoms with Gasteiger partial charge in [-0.05, 0) is 7.05 Å². The van der Waals surface area contributed by atoms with E-state index in [-0.39, 0.29) is 11.8 Å². The zero-order chi connectivity index (χ0) is 13.1. The number of amides is 1. The van der Waals surface area contributed by atoms with Gasteiger partial charge in [0.1, 0.15) is 0 Å². The number of hydrogen-bond donors (Lipinski definition) is 1. The van der Waals surface area contributed by atoms with Crippen molar-refractivity contribution in [3.63, 3.8) is 0 Å². The summed E-state index contributed by atoms with van der Waals surface area (Å²) in [6.45, 7) is 7.72. The molecule has 0 spiro atoms. The van der Waals surface area contributed by atoms with Crippen LogP contribution in [0.3, 0.4) is 0 Å². The molecule has 0 saturated carbocycles. The minimum absolute atomic E-state index is 0.0462. The van der Waals surface area contributed by atoms with Gasteiger partial charge in [0.15, 0.2) is 0 Å². The number of carbonyl (C=O) groups is 1. The maximum atomic E-state index is 11.5. The van der Waals surface area contributed by atoms with Gasteiger partial charge in [0.2, 0.25) is 5.91 Å². The van der Waals surface area contributed by atoms with E-state index in [0.717, 1.165) is 6.54 Å². The number of carbonyl (C=O) groups excluding carboxylic acids is 1. The van der Waals surface area contributed by atoms with Crippen molar-refractivity contribution < 1.29 is 14.3 Å². The van der Waals surface area contributed by atoms with E-state index in [9.17, 15) is 4.79 Å².